The van der Waals surface area contributed by atoms with Crippen LogP contribution in [0, 0.1) is 0 Å². The highest BCUT2D eigenvalue weighted by atomic mass is 35.5. The number of primary amides is 1. The van der Waals surface area contributed by atoms with Crippen molar-refractivity contribution >= 4 is 29.1 Å². The number of amides is 2. The molecule has 8 heteroatoms. The van der Waals surface area contributed by atoms with Crippen molar-refractivity contribution < 1.29 is 4.79 Å². The van der Waals surface area contributed by atoms with E-state index < -0.39 is 6.03 Å². The van der Waals surface area contributed by atoms with Crippen LogP contribution in [0.5, 0.6) is 0 Å². The Kier molecular flexibility index (Phi) is 3.92. The Labute approximate surface area is 91.2 Å². The maximum absolute atomic E-state index is 10.3. The molecule has 0 bridgehead atoms. The van der Waals surface area contributed by atoms with E-state index >= 15 is 0 Å². The third-order valence-corrected chi connectivity index (χ3v) is 1.85. The maximum atomic E-state index is 10.3. The van der Waals surface area contributed by atoms with Crippen LogP contribution < -0.4 is 22.1 Å². The van der Waals surface area contributed by atoms with E-state index in [1.54, 1.807) is 0 Å². The number of nitrogens with zero attached hydrogens (tertiary/aromatic N) is 2. The highest BCUT2D eigenvalue weighted by Crippen LogP contribution is 2.21. The van der Waals surface area contributed by atoms with Crippen molar-refractivity contribution in [2.75, 3.05) is 24.1 Å². The molecule has 1 aromatic rings. The first-order valence-electron chi connectivity index (χ1n) is 4.14. The molecule has 0 fully saturated rings. The van der Waals surface area contributed by atoms with E-state index in [1.165, 1.54) is 6.33 Å². The standard InChI is InChI=1S/C7H11ClN6O/c8-5-4(9)6(14-3-13-5)11-1-2-12-7(10)15/h3H,1-2,9H2,(H3,10,12,15)(H,11,13,14). The Morgan fingerprint density at radius 1 is 1.47 bits per heavy atom. The summed E-state index contributed by atoms with van der Waals surface area (Å²) in [6.45, 7) is 0.816. The molecule has 0 unspecified atom stereocenters. The lowest BCUT2D eigenvalue weighted by atomic mass is 10.4. The van der Waals surface area contributed by atoms with Crippen LogP contribution in [0.1, 0.15) is 0 Å². The highest BCUT2D eigenvalue weighted by Gasteiger charge is 2.04. The summed E-state index contributed by atoms with van der Waals surface area (Å²) in [7, 11) is 0. The fourth-order valence-corrected chi connectivity index (χ4v) is 1.01. The zero-order valence-corrected chi connectivity index (χ0v) is 8.58. The number of nitrogen functional groups attached to an aromatic ring is 1. The van der Waals surface area contributed by atoms with Crippen LogP contribution in [0.25, 0.3) is 0 Å². The second-order valence-corrected chi connectivity index (χ2v) is 3.00. The number of nitrogens with two attached hydrogens (primary N) is 2. The summed E-state index contributed by atoms with van der Waals surface area (Å²) < 4.78 is 0. The van der Waals surface area contributed by atoms with Gasteiger partial charge < -0.3 is 22.1 Å². The van der Waals surface area contributed by atoms with Gasteiger partial charge in [0.1, 0.15) is 12.0 Å². The monoisotopic (exact) mass is 230 g/mol. The smallest absolute Gasteiger partial charge is 0.312 e. The fraction of sp³-hybridized carbons (Fsp3) is 0.286. The number of aromatic nitrogens is 2. The van der Waals surface area contributed by atoms with E-state index in [0.717, 1.165) is 0 Å². The molecule has 0 saturated heterocycles. The van der Waals surface area contributed by atoms with Gasteiger partial charge in [0.15, 0.2) is 11.0 Å². The molecule has 0 saturated carbocycles. The van der Waals surface area contributed by atoms with Crippen molar-refractivity contribution in [2.45, 2.75) is 0 Å². The lowest BCUT2D eigenvalue weighted by Crippen LogP contribution is -2.33. The minimum atomic E-state index is -0.578. The molecule has 82 valence electrons. The average molecular weight is 231 g/mol. The van der Waals surface area contributed by atoms with Crippen molar-refractivity contribution in [1.29, 1.82) is 0 Å². The van der Waals surface area contributed by atoms with Gasteiger partial charge in [-0.15, -0.1) is 0 Å². The molecule has 0 spiro atoms. The Morgan fingerprint density at radius 3 is 2.87 bits per heavy atom. The molecule has 1 rings (SSSR count). The number of rotatable bonds is 4. The molecule has 0 aliphatic rings. The number of anilines is 2. The van der Waals surface area contributed by atoms with Crippen molar-refractivity contribution in [3.8, 4) is 0 Å². The second-order valence-electron chi connectivity index (χ2n) is 2.64. The third-order valence-electron chi connectivity index (χ3n) is 1.55. The minimum Gasteiger partial charge on any atom is -0.393 e. The normalized spacial score (nSPS) is 9.67. The first-order valence-corrected chi connectivity index (χ1v) is 4.52. The van der Waals surface area contributed by atoms with Gasteiger partial charge in [0.25, 0.3) is 0 Å². The number of nitrogens with one attached hydrogen (secondary N) is 2. The molecule has 1 heterocycles. The third kappa shape index (κ3) is 3.47. The summed E-state index contributed by atoms with van der Waals surface area (Å²) in [5.74, 6) is 0.432. The van der Waals surface area contributed by atoms with E-state index in [9.17, 15) is 4.79 Å². The summed E-state index contributed by atoms with van der Waals surface area (Å²) in [4.78, 5) is 17.9. The van der Waals surface area contributed by atoms with Crippen LogP contribution in [-0.2, 0) is 0 Å². The van der Waals surface area contributed by atoms with Crippen LogP contribution in [0.4, 0.5) is 16.3 Å². The predicted octanol–water partition coefficient (Wildman–Crippen LogP) is -0.208. The molecule has 0 aliphatic carbocycles. The van der Waals surface area contributed by atoms with E-state index in [2.05, 4.69) is 20.6 Å². The van der Waals surface area contributed by atoms with Crippen LogP contribution in [0.15, 0.2) is 6.33 Å². The molecule has 6 N–H and O–H groups in total. The minimum absolute atomic E-state index is 0.190. The molecule has 15 heavy (non-hydrogen) atoms. The molecule has 0 aromatic carbocycles. The van der Waals surface area contributed by atoms with Gasteiger partial charge in [-0.25, -0.2) is 14.8 Å². The van der Waals surface area contributed by atoms with Gasteiger partial charge in [-0.05, 0) is 0 Å². The van der Waals surface area contributed by atoms with Crippen molar-refractivity contribution in [3.05, 3.63) is 11.5 Å². The predicted molar refractivity (Wildman–Crippen MR) is 57.5 cm³/mol. The van der Waals surface area contributed by atoms with Crippen molar-refractivity contribution in [1.82, 2.24) is 15.3 Å². The molecular formula is C7H11ClN6O. The SMILES string of the molecule is NC(=O)NCCNc1ncnc(Cl)c1N. The molecule has 0 aliphatic heterocycles. The molecule has 1 aromatic heterocycles. The van der Waals surface area contributed by atoms with Gasteiger partial charge in [-0.1, -0.05) is 11.6 Å². The van der Waals surface area contributed by atoms with Gasteiger partial charge in [-0.3, -0.25) is 0 Å². The first kappa shape index (κ1) is 11.3. The molecule has 0 atom stereocenters. The largest absolute Gasteiger partial charge is 0.393 e. The van der Waals surface area contributed by atoms with Crippen LogP contribution in [0.3, 0.4) is 0 Å². The number of urea groups is 1. The summed E-state index contributed by atoms with van der Waals surface area (Å²) in [5, 5.41) is 5.48. The van der Waals surface area contributed by atoms with Gasteiger partial charge in [0.05, 0.1) is 0 Å². The number of halogens is 1. The number of carbonyl (C=O) groups excluding carboxylic acids is 1. The topological polar surface area (TPSA) is 119 Å². The Morgan fingerprint density at radius 2 is 2.20 bits per heavy atom. The van der Waals surface area contributed by atoms with Crippen molar-refractivity contribution in [3.63, 3.8) is 0 Å². The lowest BCUT2D eigenvalue weighted by molar-refractivity contribution is 0.249. The highest BCUT2D eigenvalue weighted by molar-refractivity contribution is 6.32. The Bertz CT molecular complexity index is 357. The van der Waals surface area contributed by atoms with Gasteiger partial charge in [-0.2, -0.15) is 0 Å². The zero-order valence-electron chi connectivity index (χ0n) is 7.83. The van der Waals surface area contributed by atoms with Crippen LogP contribution in [0.2, 0.25) is 5.15 Å². The number of hydrogen-bond donors (Lipinski definition) is 4. The van der Waals surface area contributed by atoms with Gasteiger partial charge in [0, 0.05) is 13.1 Å². The van der Waals surface area contributed by atoms with E-state index in [-0.39, 0.29) is 10.8 Å². The molecular weight excluding hydrogens is 220 g/mol. The summed E-state index contributed by atoms with van der Waals surface area (Å²) in [6.07, 6.45) is 1.29. The van der Waals surface area contributed by atoms with Crippen molar-refractivity contribution in [2.24, 2.45) is 5.73 Å². The lowest BCUT2D eigenvalue weighted by Gasteiger charge is -2.08. The number of hydrogen-bond acceptors (Lipinski definition) is 5. The summed E-state index contributed by atoms with van der Waals surface area (Å²) in [5.41, 5.74) is 10.7. The molecule has 2 amide bonds. The first-order chi connectivity index (χ1) is 7.11. The van der Waals surface area contributed by atoms with E-state index in [4.69, 9.17) is 23.1 Å². The van der Waals surface area contributed by atoms with E-state index in [1.807, 2.05) is 0 Å². The van der Waals surface area contributed by atoms with Crippen LogP contribution in [-0.4, -0.2) is 29.1 Å². The number of carbonyl (C=O) groups is 1. The quantitative estimate of drug-likeness (QED) is 0.422. The van der Waals surface area contributed by atoms with Gasteiger partial charge in [0.2, 0.25) is 0 Å². The Hall–Kier alpha value is -1.76. The summed E-state index contributed by atoms with van der Waals surface area (Å²) in [6, 6.07) is -0.578. The summed E-state index contributed by atoms with van der Waals surface area (Å²) >= 11 is 5.67. The Balaban J connectivity index is 2.44. The maximum Gasteiger partial charge on any atom is 0.312 e. The zero-order chi connectivity index (χ0) is 11.3. The fourth-order valence-electron chi connectivity index (χ4n) is 0.882. The second kappa shape index (κ2) is 5.20. The van der Waals surface area contributed by atoms with E-state index in [0.29, 0.717) is 18.9 Å². The molecule has 0 radical (unpaired) electrons. The average Bonchev–Trinajstić information content (AvgIpc) is 2.18. The van der Waals surface area contributed by atoms with Crippen LogP contribution >= 0.6 is 11.6 Å². The van der Waals surface area contributed by atoms with Gasteiger partial charge >= 0.3 is 6.03 Å². The molecule has 7 nitrogen and oxygen atoms in total.